The monoisotopic (exact) mass is 319 g/mol. The third-order valence-electron chi connectivity index (χ3n) is 3.57. The Kier molecular flexibility index (Phi) is 3.98. The van der Waals surface area contributed by atoms with Crippen LogP contribution >= 0.6 is 11.8 Å². The Hall–Kier alpha value is -2.15. The number of anilines is 1. The van der Waals surface area contributed by atoms with Crippen molar-refractivity contribution >= 4 is 23.5 Å². The van der Waals surface area contributed by atoms with Crippen LogP contribution in [0.25, 0.3) is 0 Å². The van der Waals surface area contributed by atoms with Crippen LogP contribution < -0.4 is 14.8 Å². The van der Waals surface area contributed by atoms with Crippen molar-refractivity contribution in [3.63, 3.8) is 0 Å². The fourth-order valence-corrected chi connectivity index (χ4v) is 3.68. The van der Waals surface area contributed by atoms with Crippen molar-refractivity contribution in [2.24, 2.45) is 0 Å². The molecule has 116 valence electrons. The third-order valence-corrected chi connectivity index (χ3v) is 4.84. The number of ether oxygens (including phenoxy) is 2. The van der Waals surface area contributed by atoms with E-state index in [-0.39, 0.29) is 11.2 Å². The standard InChI is InChI=1S/C15H17N3O3S/c1-8-13-14(22-7-12(19)16-15(13)18-17-8)9-4-10(20-2)6-11(5-9)21-3/h4-6,14H,7H2,1-3H3,(H2,16,17,18,19)/t14-/m1/s1. The Morgan fingerprint density at radius 1 is 1.23 bits per heavy atom. The SMILES string of the molecule is COc1cc(OC)cc([C@H]2SCC(=O)Nc3n[nH]c(C)c32)c1. The van der Waals surface area contributed by atoms with Crippen LogP contribution in [0.2, 0.25) is 0 Å². The lowest BCUT2D eigenvalue weighted by Gasteiger charge is -2.17. The molecule has 1 atom stereocenters. The number of carbonyl (C=O) groups excluding carboxylic acids is 1. The lowest BCUT2D eigenvalue weighted by atomic mass is 10.0. The zero-order valence-electron chi connectivity index (χ0n) is 12.6. The number of benzene rings is 1. The van der Waals surface area contributed by atoms with Gasteiger partial charge in [0.1, 0.15) is 11.5 Å². The first-order valence-electron chi connectivity index (χ1n) is 6.81. The van der Waals surface area contributed by atoms with E-state index < -0.39 is 0 Å². The number of aromatic nitrogens is 2. The summed E-state index contributed by atoms with van der Waals surface area (Å²) in [6.45, 7) is 1.95. The molecule has 1 aliphatic rings. The summed E-state index contributed by atoms with van der Waals surface area (Å²) in [5, 5.41) is 9.96. The predicted molar refractivity (Wildman–Crippen MR) is 85.8 cm³/mol. The van der Waals surface area contributed by atoms with E-state index in [0.717, 1.165) is 28.3 Å². The molecule has 0 saturated heterocycles. The Morgan fingerprint density at radius 3 is 2.55 bits per heavy atom. The highest BCUT2D eigenvalue weighted by Gasteiger charge is 2.28. The van der Waals surface area contributed by atoms with E-state index in [9.17, 15) is 4.79 Å². The van der Waals surface area contributed by atoms with Crippen LogP contribution in [-0.4, -0.2) is 36.1 Å². The molecule has 1 amide bonds. The largest absolute Gasteiger partial charge is 0.497 e. The molecule has 0 radical (unpaired) electrons. The van der Waals surface area contributed by atoms with Gasteiger partial charge in [-0.15, -0.1) is 11.8 Å². The lowest BCUT2D eigenvalue weighted by molar-refractivity contribution is -0.113. The molecule has 2 N–H and O–H groups in total. The maximum absolute atomic E-state index is 11.8. The zero-order valence-corrected chi connectivity index (χ0v) is 13.4. The smallest absolute Gasteiger partial charge is 0.235 e. The van der Waals surface area contributed by atoms with Gasteiger partial charge in [-0.25, -0.2) is 0 Å². The number of amides is 1. The fourth-order valence-electron chi connectivity index (χ4n) is 2.51. The molecular weight excluding hydrogens is 302 g/mol. The summed E-state index contributed by atoms with van der Waals surface area (Å²) in [5.41, 5.74) is 2.95. The van der Waals surface area contributed by atoms with Gasteiger partial charge < -0.3 is 14.8 Å². The molecular formula is C15H17N3O3S. The van der Waals surface area contributed by atoms with Gasteiger partial charge in [-0.3, -0.25) is 9.89 Å². The van der Waals surface area contributed by atoms with Crippen LogP contribution in [0.4, 0.5) is 5.82 Å². The van der Waals surface area contributed by atoms with Crippen LogP contribution in [0.1, 0.15) is 22.1 Å². The first-order chi connectivity index (χ1) is 10.6. The number of rotatable bonds is 3. The van der Waals surface area contributed by atoms with E-state index >= 15 is 0 Å². The molecule has 3 rings (SSSR count). The topological polar surface area (TPSA) is 76.2 Å². The van der Waals surface area contributed by atoms with Crippen molar-refractivity contribution in [3.05, 3.63) is 35.0 Å². The highest BCUT2D eigenvalue weighted by atomic mass is 32.2. The van der Waals surface area contributed by atoms with Crippen molar-refractivity contribution < 1.29 is 14.3 Å². The summed E-state index contributed by atoms with van der Waals surface area (Å²) >= 11 is 1.56. The number of thioether (sulfide) groups is 1. The molecule has 1 aromatic heterocycles. The Balaban J connectivity index is 2.11. The van der Waals surface area contributed by atoms with Crippen LogP contribution in [0.5, 0.6) is 11.5 Å². The molecule has 2 heterocycles. The number of hydrogen-bond donors (Lipinski definition) is 2. The van der Waals surface area contributed by atoms with E-state index in [1.54, 1.807) is 26.0 Å². The number of aryl methyl sites for hydroxylation is 1. The second-order valence-corrected chi connectivity index (χ2v) is 6.09. The minimum atomic E-state index is -0.0462. The molecule has 1 aromatic carbocycles. The maximum Gasteiger partial charge on any atom is 0.235 e. The summed E-state index contributed by atoms with van der Waals surface area (Å²) in [7, 11) is 3.25. The quantitative estimate of drug-likeness (QED) is 0.909. The van der Waals surface area contributed by atoms with E-state index in [1.807, 2.05) is 25.1 Å². The number of aromatic amines is 1. The van der Waals surface area contributed by atoms with Gasteiger partial charge >= 0.3 is 0 Å². The minimum Gasteiger partial charge on any atom is -0.497 e. The third kappa shape index (κ3) is 2.64. The number of nitrogens with one attached hydrogen (secondary N) is 2. The van der Waals surface area contributed by atoms with Crippen LogP contribution in [-0.2, 0) is 4.79 Å². The molecule has 7 heteroatoms. The maximum atomic E-state index is 11.8. The van der Waals surface area contributed by atoms with Gasteiger partial charge in [-0.05, 0) is 24.6 Å². The van der Waals surface area contributed by atoms with Gasteiger partial charge in [0, 0.05) is 17.3 Å². The molecule has 0 aliphatic carbocycles. The van der Waals surface area contributed by atoms with Crippen molar-refractivity contribution in [2.75, 3.05) is 25.3 Å². The highest BCUT2D eigenvalue weighted by Crippen LogP contribution is 2.44. The summed E-state index contributed by atoms with van der Waals surface area (Å²) in [6.07, 6.45) is 0. The van der Waals surface area contributed by atoms with E-state index in [2.05, 4.69) is 15.5 Å². The van der Waals surface area contributed by atoms with Gasteiger partial charge in [0.2, 0.25) is 5.91 Å². The zero-order chi connectivity index (χ0) is 15.7. The summed E-state index contributed by atoms with van der Waals surface area (Å²) in [6, 6.07) is 5.76. The summed E-state index contributed by atoms with van der Waals surface area (Å²) in [4.78, 5) is 11.8. The Labute approximate surface area is 132 Å². The molecule has 22 heavy (non-hydrogen) atoms. The van der Waals surface area contributed by atoms with Crippen LogP contribution in [0, 0.1) is 6.92 Å². The molecule has 0 bridgehead atoms. The van der Waals surface area contributed by atoms with Crippen molar-refractivity contribution in [1.29, 1.82) is 0 Å². The number of H-pyrrole nitrogens is 1. The van der Waals surface area contributed by atoms with Gasteiger partial charge in [-0.2, -0.15) is 5.10 Å². The average Bonchev–Trinajstić information content (AvgIpc) is 2.79. The molecule has 0 unspecified atom stereocenters. The lowest BCUT2D eigenvalue weighted by Crippen LogP contribution is -2.12. The van der Waals surface area contributed by atoms with Crippen molar-refractivity contribution in [1.82, 2.24) is 10.2 Å². The van der Waals surface area contributed by atoms with Crippen molar-refractivity contribution in [3.8, 4) is 11.5 Å². The first kappa shape index (κ1) is 14.8. The van der Waals surface area contributed by atoms with Gasteiger partial charge in [0.25, 0.3) is 0 Å². The second kappa shape index (κ2) is 5.92. The number of nitrogens with zero attached hydrogens (tertiary/aromatic N) is 1. The molecule has 0 fully saturated rings. The number of carbonyl (C=O) groups is 1. The van der Waals surface area contributed by atoms with Crippen LogP contribution in [0.3, 0.4) is 0 Å². The Bertz CT molecular complexity index is 692. The predicted octanol–water partition coefficient (Wildman–Crippen LogP) is 2.51. The average molecular weight is 319 g/mol. The summed E-state index contributed by atoms with van der Waals surface area (Å²) < 4.78 is 10.7. The highest BCUT2D eigenvalue weighted by molar-refractivity contribution is 8.00. The van der Waals surface area contributed by atoms with E-state index in [0.29, 0.717) is 11.6 Å². The molecule has 2 aromatic rings. The molecule has 1 aliphatic heterocycles. The fraction of sp³-hybridized carbons (Fsp3) is 0.333. The minimum absolute atomic E-state index is 0.0169. The van der Waals surface area contributed by atoms with Gasteiger partial charge in [-0.1, -0.05) is 0 Å². The van der Waals surface area contributed by atoms with E-state index in [1.165, 1.54) is 0 Å². The Morgan fingerprint density at radius 2 is 1.91 bits per heavy atom. The normalized spacial score (nSPS) is 17.4. The van der Waals surface area contributed by atoms with E-state index in [4.69, 9.17) is 9.47 Å². The van der Waals surface area contributed by atoms with Gasteiger partial charge in [0.05, 0.1) is 25.2 Å². The number of fused-ring (bicyclic) bond motifs is 1. The summed E-state index contributed by atoms with van der Waals surface area (Å²) in [5.74, 6) is 2.37. The second-order valence-electron chi connectivity index (χ2n) is 5.00. The molecule has 6 nitrogen and oxygen atoms in total. The number of hydrogen-bond acceptors (Lipinski definition) is 5. The first-order valence-corrected chi connectivity index (χ1v) is 7.86. The molecule has 0 saturated carbocycles. The van der Waals surface area contributed by atoms with Crippen molar-refractivity contribution in [2.45, 2.75) is 12.2 Å². The molecule has 0 spiro atoms. The van der Waals surface area contributed by atoms with Gasteiger partial charge in [0.15, 0.2) is 5.82 Å². The number of methoxy groups -OCH3 is 2. The van der Waals surface area contributed by atoms with Crippen LogP contribution in [0.15, 0.2) is 18.2 Å².